The number of hydrogen-bond acceptors (Lipinski definition) is 3. The Morgan fingerprint density at radius 3 is 2.47 bits per heavy atom. The minimum Gasteiger partial charge on any atom is -0.384 e. The smallest absolute Gasteiger partial charge is 0.105 e. The summed E-state index contributed by atoms with van der Waals surface area (Å²) in [4.78, 5) is 6.35. The summed E-state index contributed by atoms with van der Waals surface area (Å²) in [5.41, 5.74) is 1.90. The minimum absolute atomic E-state index is 0.530. The van der Waals surface area contributed by atoms with Gasteiger partial charge in [-0.1, -0.05) is 0 Å². The normalized spacial score (nSPS) is 12.7. The molecule has 2 rings (SSSR count). The zero-order chi connectivity index (χ0) is 10.8. The Morgan fingerprint density at radius 1 is 1.27 bits per heavy atom. The van der Waals surface area contributed by atoms with Crippen molar-refractivity contribution >= 4 is 11.3 Å². The molecule has 1 N–H and O–H groups in total. The highest BCUT2D eigenvalue weighted by Gasteiger charge is 2.14. The lowest BCUT2D eigenvalue weighted by Crippen LogP contribution is -1.99. The van der Waals surface area contributed by atoms with Gasteiger partial charge in [-0.25, -0.2) is 0 Å². The van der Waals surface area contributed by atoms with E-state index < -0.39 is 6.10 Å². The SMILES string of the molecule is Cc1cc(C(O)c2ccncc2)c(C)s1. The van der Waals surface area contributed by atoms with E-state index in [-0.39, 0.29) is 0 Å². The van der Waals surface area contributed by atoms with E-state index in [2.05, 4.69) is 11.9 Å². The number of hydrogen-bond donors (Lipinski definition) is 1. The second kappa shape index (κ2) is 4.13. The first-order chi connectivity index (χ1) is 7.18. The van der Waals surface area contributed by atoms with E-state index in [1.54, 1.807) is 23.7 Å². The van der Waals surface area contributed by atoms with Crippen molar-refractivity contribution in [2.45, 2.75) is 20.0 Å². The molecule has 0 aliphatic rings. The number of aliphatic hydroxyl groups excluding tert-OH is 1. The van der Waals surface area contributed by atoms with Gasteiger partial charge in [0.05, 0.1) is 0 Å². The van der Waals surface area contributed by atoms with Crippen molar-refractivity contribution in [3.63, 3.8) is 0 Å². The van der Waals surface area contributed by atoms with Crippen LogP contribution in [0, 0.1) is 13.8 Å². The maximum Gasteiger partial charge on any atom is 0.105 e. The fourth-order valence-electron chi connectivity index (χ4n) is 1.65. The average Bonchev–Trinajstić information content (AvgIpc) is 2.58. The molecule has 0 aliphatic carbocycles. The van der Waals surface area contributed by atoms with E-state index in [4.69, 9.17) is 0 Å². The maximum atomic E-state index is 10.2. The first-order valence-electron chi connectivity index (χ1n) is 4.83. The van der Waals surface area contributed by atoms with Gasteiger partial charge in [0.15, 0.2) is 0 Å². The number of pyridine rings is 1. The van der Waals surface area contributed by atoms with Crippen LogP contribution in [0.25, 0.3) is 0 Å². The van der Waals surface area contributed by atoms with Gasteiger partial charge < -0.3 is 5.11 Å². The van der Waals surface area contributed by atoms with Crippen molar-refractivity contribution < 1.29 is 5.11 Å². The second-order valence-corrected chi connectivity index (χ2v) is 5.01. The molecule has 0 saturated heterocycles. The summed E-state index contributed by atoms with van der Waals surface area (Å²) in [6.07, 6.45) is 2.87. The molecule has 0 fully saturated rings. The predicted molar refractivity (Wildman–Crippen MR) is 62.1 cm³/mol. The average molecular weight is 219 g/mol. The molecule has 1 unspecified atom stereocenters. The first-order valence-corrected chi connectivity index (χ1v) is 5.65. The topological polar surface area (TPSA) is 33.1 Å². The molecule has 3 heteroatoms. The van der Waals surface area contributed by atoms with Crippen LogP contribution in [-0.2, 0) is 0 Å². The third-order valence-electron chi connectivity index (χ3n) is 2.40. The summed E-state index contributed by atoms with van der Waals surface area (Å²) in [6, 6.07) is 5.74. The van der Waals surface area contributed by atoms with Crippen LogP contribution >= 0.6 is 11.3 Å². The van der Waals surface area contributed by atoms with Gasteiger partial charge >= 0.3 is 0 Å². The predicted octanol–water partition coefficient (Wildman–Crippen LogP) is 2.84. The monoisotopic (exact) mass is 219 g/mol. The zero-order valence-electron chi connectivity index (χ0n) is 8.77. The van der Waals surface area contributed by atoms with Crippen molar-refractivity contribution in [1.82, 2.24) is 4.98 Å². The second-order valence-electron chi connectivity index (χ2n) is 3.55. The molecule has 78 valence electrons. The Labute approximate surface area is 93.2 Å². The third-order valence-corrected chi connectivity index (χ3v) is 3.38. The van der Waals surface area contributed by atoms with Crippen molar-refractivity contribution in [2.75, 3.05) is 0 Å². The number of aliphatic hydroxyl groups is 1. The van der Waals surface area contributed by atoms with Gasteiger partial charge in [-0.2, -0.15) is 0 Å². The fraction of sp³-hybridized carbons (Fsp3) is 0.250. The number of rotatable bonds is 2. The molecule has 0 bridgehead atoms. The van der Waals surface area contributed by atoms with E-state index in [1.165, 1.54) is 9.75 Å². The number of aromatic nitrogens is 1. The summed E-state index contributed by atoms with van der Waals surface area (Å²) >= 11 is 1.72. The van der Waals surface area contributed by atoms with Gasteiger partial charge in [0.2, 0.25) is 0 Å². The van der Waals surface area contributed by atoms with E-state index in [9.17, 15) is 5.11 Å². The highest BCUT2D eigenvalue weighted by molar-refractivity contribution is 7.12. The van der Waals surface area contributed by atoms with Crippen LogP contribution in [0.4, 0.5) is 0 Å². The highest BCUT2D eigenvalue weighted by atomic mass is 32.1. The van der Waals surface area contributed by atoms with Gasteiger partial charge in [0, 0.05) is 22.1 Å². The lowest BCUT2D eigenvalue weighted by Gasteiger charge is -2.09. The van der Waals surface area contributed by atoms with Gasteiger partial charge in [-0.15, -0.1) is 11.3 Å². The summed E-state index contributed by atoms with van der Waals surface area (Å²) in [5.74, 6) is 0. The van der Waals surface area contributed by atoms with Gasteiger partial charge in [-0.05, 0) is 43.2 Å². The van der Waals surface area contributed by atoms with Crippen molar-refractivity contribution in [3.05, 3.63) is 51.5 Å². The Morgan fingerprint density at radius 2 is 1.93 bits per heavy atom. The standard InChI is InChI=1S/C12H13NOS/c1-8-7-11(9(2)15-8)12(14)10-3-5-13-6-4-10/h3-7,12,14H,1-2H3. The molecule has 0 aliphatic heterocycles. The largest absolute Gasteiger partial charge is 0.384 e. The third kappa shape index (κ3) is 2.08. The molecular weight excluding hydrogens is 206 g/mol. The van der Waals surface area contributed by atoms with E-state index in [1.807, 2.05) is 25.1 Å². The summed E-state index contributed by atoms with van der Waals surface area (Å²) < 4.78 is 0. The molecule has 2 aromatic heterocycles. The summed E-state index contributed by atoms with van der Waals surface area (Å²) in [6.45, 7) is 4.10. The van der Waals surface area contributed by atoms with E-state index >= 15 is 0 Å². The number of nitrogens with zero attached hydrogens (tertiary/aromatic N) is 1. The van der Waals surface area contributed by atoms with E-state index in [0.29, 0.717) is 0 Å². The minimum atomic E-state index is -0.530. The Balaban J connectivity index is 2.36. The van der Waals surface area contributed by atoms with Crippen molar-refractivity contribution in [2.24, 2.45) is 0 Å². The van der Waals surface area contributed by atoms with Crippen LogP contribution < -0.4 is 0 Å². The van der Waals surface area contributed by atoms with Gasteiger partial charge in [0.1, 0.15) is 6.10 Å². The van der Waals surface area contributed by atoms with Crippen molar-refractivity contribution in [1.29, 1.82) is 0 Å². The van der Waals surface area contributed by atoms with Gasteiger partial charge in [0.25, 0.3) is 0 Å². The van der Waals surface area contributed by atoms with Crippen LogP contribution in [0.2, 0.25) is 0 Å². The molecule has 2 nitrogen and oxygen atoms in total. The molecule has 0 aromatic carbocycles. The van der Waals surface area contributed by atoms with Crippen LogP contribution in [0.3, 0.4) is 0 Å². The molecule has 0 saturated carbocycles. The molecular formula is C12H13NOS. The fourth-order valence-corrected chi connectivity index (χ4v) is 2.60. The lowest BCUT2D eigenvalue weighted by molar-refractivity contribution is 0.220. The van der Waals surface area contributed by atoms with Crippen LogP contribution in [-0.4, -0.2) is 10.1 Å². The molecule has 2 heterocycles. The quantitative estimate of drug-likeness (QED) is 0.842. The Kier molecular flexibility index (Phi) is 2.84. The summed E-state index contributed by atoms with van der Waals surface area (Å²) in [7, 11) is 0. The molecule has 0 spiro atoms. The van der Waals surface area contributed by atoms with Crippen LogP contribution in [0.1, 0.15) is 27.0 Å². The van der Waals surface area contributed by atoms with Gasteiger partial charge in [-0.3, -0.25) is 4.98 Å². The highest BCUT2D eigenvalue weighted by Crippen LogP contribution is 2.30. The lowest BCUT2D eigenvalue weighted by atomic mass is 10.0. The van der Waals surface area contributed by atoms with Crippen LogP contribution in [0.15, 0.2) is 30.6 Å². The number of thiophene rings is 1. The summed E-state index contributed by atoms with van der Waals surface area (Å²) in [5, 5.41) is 10.2. The molecule has 0 amide bonds. The van der Waals surface area contributed by atoms with Crippen molar-refractivity contribution in [3.8, 4) is 0 Å². The Bertz CT molecular complexity index is 450. The molecule has 0 radical (unpaired) electrons. The molecule has 15 heavy (non-hydrogen) atoms. The number of aryl methyl sites for hydroxylation is 2. The molecule has 2 aromatic rings. The zero-order valence-corrected chi connectivity index (χ0v) is 9.58. The molecule has 1 atom stereocenters. The first kappa shape index (κ1) is 10.3. The van der Waals surface area contributed by atoms with Crippen LogP contribution in [0.5, 0.6) is 0 Å². The Hall–Kier alpha value is -1.19. The maximum absolute atomic E-state index is 10.2. The van der Waals surface area contributed by atoms with E-state index in [0.717, 1.165) is 11.1 Å².